The fourth-order valence-electron chi connectivity index (χ4n) is 2.57. The first-order valence-electron chi connectivity index (χ1n) is 8.20. The average Bonchev–Trinajstić information content (AvgIpc) is 2.72. The van der Waals surface area contributed by atoms with E-state index >= 15 is 0 Å². The number of nitrogens with one attached hydrogen (secondary N) is 2. The molecule has 4 N–H and O–H groups in total. The smallest absolute Gasteiger partial charge is 0.339 e. The molecule has 0 saturated heterocycles. The van der Waals surface area contributed by atoms with E-state index in [1.165, 1.54) is 13.4 Å². The second kappa shape index (κ2) is 8.05. The van der Waals surface area contributed by atoms with Crippen molar-refractivity contribution < 1.29 is 9.53 Å². The summed E-state index contributed by atoms with van der Waals surface area (Å²) >= 11 is 0. The Morgan fingerprint density at radius 1 is 1.04 bits per heavy atom. The molecule has 2 aromatic carbocycles. The zero-order chi connectivity index (χ0) is 19.2. The van der Waals surface area contributed by atoms with Crippen molar-refractivity contribution in [2.75, 3.05) is 35.6 Å². The minimum atomic E-state index is -0.436. The lowest BCUT2D eigenvalue weighted by Crippen LogP contribution is -2.19. The van der Waals surface area contributed by atoms with Crippen LogP contribution in [0.3, 0.4) is 0 Å². The van der Waals surface area contributed by atoms with Crippen LogP contribution in [0.15, 0.2) is 60.9 Å². The third-order valence-electron chi connectivity index (χ3n) is 3.95. The van der Waals surface area contributed by atoms with E-state index in [1.54, 1.807) is 30.1 Å². The number of nitrogen functional groups attached to an aromatic ring is 1. The maximum Gasteiger partial charge on any atom is 0.339 e. The number of hydrazine groups is 1. The lowest BCUT2D eigenvalue weighted by atomic mass is 10.1. The monoisotopic (exact) mass is 364 g/mol. The highest BCUT2D eigenvalue weighted by molar-refractivity contribution is 5.97. The number of methoxy groups -OCH3 is 1. The highest BCUT2D eigenvalue weighted by Gasteiger charge is 2.19. The van der Waals surface area contributed by atoms with Crippen LogP contribution in [0.4, 0.5) is 28.7 Å². The largest absolute Gasteiger partial charge is 0.465 e. The van der Waals surface area contributed by atoms with Crippen LogP contribution in [0.2, 0.25) is 0 Å². The molecular formula is C19H20N6O2. The summed E-state index contributed by atoms with van der Waals surface area (Å²) < 4.78 is 4.85. The van der Waals surface area contributed by atoms with Gasteiger partial charge in [-0.3, -0.25) is 10.9 Å². The first-order valence-corrected chi connectivity index (χ1v) is 8.20. The molecule has 0 aliphatic carbocycles. The molecule has 0 saturated carbocycles. The maximum atomic E-state index is 12.0. The number of carbonyl (C=O) groups excluding carboxylic acids is 1. The van der Waals surface area contributed by atoms with Crippen LogP contribution >= 0.6 is 0 Å². The van der Waals surface area contributed by atoms with Crippen LogP contribution in [-0.2, 0) is 4.74 Å². The average molecular weight is 364 g/mol. The van der Waals surface area contributed by atoms with Gasteiger partial charge in [0, 0.05) is 7.05 Å². The highest BCUT2D eigenvalue weighted by Crippen LogP contribution is 2.32. The Morgan fingerprint density at radius 2 is 1.74 bits per heavy atom. The molecule has 0 aliphatic rings. The number of rotatable bonds is 6. The molecule has 0 bridgehead atoms. The van der Waals surface area contributed by atoms with Crippen molar-refractivity contribution in [2.45, 2.75) is 0 Å². The molecule has 8 nitrogen and oxygen atoms in total. The van der Waals surface area contributed by atoms with E-state index in [2.05, 4.69) is 20.8 Å². The van der Waals surface area contributed by atoms with Gasteiger partial charge in [0.05, 0.1) is 24.0 Å². The number of hydrogen-bond donors (Lipinski definition) is 3. The van der Waals surface area contributed by atoms with Gasteiger partial charge in [0.25, 0.3) is 0 Å². The summed E-state index contributed by atoms with van der Waals surface area (Å²) in [5.41, 5.74) is 14.5. The molecule has 0 fully saturated rings. The highest BCUT2D eigenvalue weighted by atomic mass is 16.5. The van der Waals surface area contributed by atoms with Crippen molar-refractivity contribution in [3.05, 3.63) is 66.5 Å². The molecule has 3 rings (SSSR count). The Balaban J connectivity index is 1.88. The van der Waals surface area contributed by atoms with Gasteiger partial charge in [-0.25, -0.2) is 14.8 Å². The first kappa shape index (κ1) is 18.0. The fraction of sp³-hybridized carbons (Fsp3) is 0.105. The van der Waals surface area contributed by atoms with Crippen molar-refractivity contribution >= 4 is 34.7 Å². The second-order valence-corrected chi connectivity index (χ2v) is 5.64. The van der Waals surface area contributed by atoms with E-state index in [0.29, 0.717) is 28.6 Å². The van der Waals surface area contributed by atoms with Gasteiger partial charge in [-0.1, -0.05) is 30.3 Å². The van der Waals surface area contributed by atoms with Crippen LogP contribution in [0.1, 0.15) is 10.4 Å². The fourth-order valence-corrected chi connectivity index (χ4v) is 2.57. The van der Waals surface area contributed by atoms with Gasteiger partial charge in [0.15, 0.2) is 11.6 Å². The SMILES string of the molecule is COC(=O)c1ccccc1N(C)c1ncnc(NNc2ccccc2)c1N. The van der Waals surface area contributed by atoms with Crippen LogP contribution in [0.5, 0.6) is 0 Å². The zero-order valence-corrected chi connectivity index (χ0v) is 15.0. The number of anilines is 5. The normalized spacial score (nSPS) is 10.1. The van der Waals surface area contributed by atoms with Crippen LogP contribution in [-0.4, -0.2) is 30.1 Å². The number of nitrogens with zero attached hydrogens (tertiary/aromatic N) is 3. The molecule has 27 heavy (non-hydrogen) atoms. The molecule has 0 atom stereocenters. The topological polar surface area (TPSA) is 105 Å². The van der Waals surface area contributed by atoms with Crippen molar-refractivity contribution in [2.24, 2.45) is 0 Å². The van der Waals surface area contributed by atoms with Gasteiger partial charge in [-0.05, 0) is 24.3 Å². The molecule has 0 radical (unpaired) electrons. The summed E-state index contributed by atoms with van der Waals surface area (Å²) in [6, 6.07) is 16.6. The number of para-hydroxylation sites is 2. The van der Waals surface area contributed by atoms with Gasteiger partial charge in [-0.2, -0.15) is 0 Å². The summed E-state index contributed by atoms with van der Waals surface area (Å²) in [5.74, 6) is 0.444. The number of carbonyl (C=O) groups is 1. The van der Waals surface area contributed by atoms with E-state index in [9.17, 15) is 4.79 Å². The number of aromatic nitrogens is 2. The second-order valence-electron chi connectivity index (χ2n) is 5.64. The molecule has 138 valence electrons. The van der Waals surface area contributed by atoms with Crippen molar-refractivity contribution in [3.63, 3.8) is 0 Å². The lowest BCUT2D eigenvalue weighted by Gasteiger charge is -2.23. The predicted molar refractivity (Wildman–Crippen MR) is 106 cm³/mol. The lowest BCUT2D eigenvalue weighted by molar-refractivity contribution is 0.0601. The Morgan fingerprint density at radius 3 is 2.48 bits per heavy atom. The molecule has 1 aromatic heterocycles. The summed E-state index contributed by atoms with van der Waals surface area (Å²) in [7, 11) is 3.12. The van der Waals surface area contributed by atoms with E-state index in [0.717, 1.165) is 5.69 Å². The molecule has 0 unspecified atom stereocenters. The Kier molecular flexibility index (Phi) is 5.36. The molecule has 8 heteroatoms. The summed E-state index contributed by atoms with van der Waals surface area (Å²) in [4.78, 5) is 22.2. The van der Waals surface area contributed by atoms with Gasteiger partial charge in [-0.15, -0.1) is 0 Å². The minimum absolute atomic E-state index is 0.336. The van der Waals surface area contributed by atoms with E-state index < -0.39 is 5.97 Å². The van der Waals surface area contributed by atoms with Gasteiger partial charge in [0.1, 0.15) is 12.0 Å². The summed E-state index contributed by atoms with van der Waals surface area (Å²) in [5, 5.41) is 0. The molecular weight excluding hydrogens is 344 g/mol. The number of ether oxygens (including phenoxy) is 1. The van der Waals surface area contributed by atoms with Crippen LogP contribution in [0.25, 0.3) is 0 Å². The van der Waals surface area contributed by atoms with Gasteiger partial charge < -0.3 is 15.4 Å². The minimum Gasteiger partial charge on any atom is -0.465 e. The molecule has 1 heterocycles. The third kappa shape index (κ3) is 3.90. The van der Waals surface area contributed by atoms with E-state index in [1.807, 2.05) is 36.4 Å². The van der Waals surface area contributed by atoms with Crippen LogP contribution < -0.4 is 21.5 Å². The van der Waals surface area contributed by atoms with Gasteiger partial charge >= 0.3 is 5.97 Å². The van der Waals surface area contributed by atoms with Crippen LogP contribution in [0, 0.1) is 0 Å². The number of esters is 1. The third-order valence-corrected chi connectivity index (χ3v) is 3.95. The summed E-state index contributed by atoms with van der Waals surface area (Å²) in [6.07, 6.45) is 1.40. The quantitative estimate of drug-likeness (QED) is 0.453. The zero-order valence-electron chi connectivity index (χ0n) is 15.0. The van der Waals surface area contributed by atoms with Gasteiger partial charge in [0.2, 0.25) is 0 Å². The predicted octanol–water partition coefficient (Wildman–Crippen LogP) is 3.05. The molecule has 3 aromatic rings. The van der Waals surface area contributed by atoms with E-state index in [-0.39, 0.29) is 0 Å². The Labute approximate surface area is 157 Å². The first-order chi connectivity index (χ1) is 13.1. The van der Waals surface area contributed by atoms with E-state index in [4.69, 9.17) is 10.5 Å². The summed E-state index contributed by atoms with van der Waals surface area (Å²) in [6.45, 7) is 0. The standard InChI is InChI=1S/C19H20N6O2/c1-25(15-11-7-6-10-14(15)19(26)27-2)18-16(20)17(21-12-22-18)24-23-13-8-4-3-5-9-13/h3-12,23H,20H2,1-2H3,(H,21,22,24). The van der Waals surface area contributed by atoms with Crippen molar-refractivity contribution in [1.29, 1.82) is 0 Å². The number of benzene rings is 2. The molecule has 0 amide bonds. The maximum absolute atomic E-state index is 12.0. The number of nitrogens with two attached hydrogens (primary N) is 1. The Bertz CT molecular complexity index is 932. The molecule has 0 aliphatic heterocycles. The number of hydrogen-bond acceptors (Lipinski definition) is 8. The van der Waals surface area contributed by atoms with Crippen molar-refractivity contribution in [3.8, 4) is 0 Å². The molecule has 0 spiro atoms. The van der Waals surface area contributed by atoms with Crippen molar-refractivity contribution in [1.82, 2.24) is 9.97 Å². The Hall–Kier alpha value is -3.81.